The SMILES string of the molecule is C=CC(=O)N(CCC[Si](O[Si](C)(C)C)(O[Si](C)(C)C)O[Si](C)(C)C)CCC[Si](O[Si](C)(C)C)(O[Si](C)(C)C)O[Si](C)(C)C. The molecule has 0 aromatic heterocycles. The van der Waals surface area contributed by atoms with Crippen LogP contribution in [0.2, 0.25) is 130 Å². The highest BCUT2D eigenvalue weighted by atomic mass is 28.5. The molecule has 0 fully saturated rings. The van der Waals surface area contributed by atoms with Crippen LogP contribution in [0.4, 0.5) is 0 Å². The predicted molar refractivity (Wildman–Crippen MR) is 204 cm³/mol. The van der Waals surface area contributed by atoms with Gasteiger partial charge in [-0.2, -0.15) is 0 Å². The van der Waals surface area contributed by atoms with E-state index in [1.807, 2.05) is 4.90 Å². The van der Waals surface area contributed by atoms with Gasteiger partial charge < -0.3 is 29.6 Å². The smallest absolute Gasteiger partial charge is 0.417 e. The van der Waals surface area contributed by atoms with Crippen LogP contribution < -0.4 is 0 Å². The summed E-state index contributed by atoms with van der Waals surface area (Å²) in [6.07, 6.45) is 2.91. The van der Waals surface area contributed by atoms with E-state index >= 15 is 0 Å². The van der Waals surface area contributed by atoms with Gasteiger partial charge in [-0.15, -0.1) is 0 Å². The molecule has 0 aromatic rings. The van der Waals surface area contributed by atoms with Gasteiger partial charge in [-0.3, -0.25) is 4.79 Å². The molecular weight excluding hydrogens is 675 g/mol. The van der Waals surface area contributed by atoms with Crippen LogP contribution in [-0.4, -0.2) is 91.4 Å². The zero-order valence-corrected chi connectivity index (χ0v) is 39.3. The Morgan fingerprint density at radius 2 is 0.698 bits per heavy atom. The molecule has 0 rings (SSSR count). The number of hydrogen-bond acceptors (Lipinski definition) is 7. The van der Waals surface area contributed by atoms with E-state index in [-0.39, 0.29) is 5.91 Å². The Balaban J connectivity index is 6.09. The minimum absolute atomic E-state index is 0.0637. The Bertz CT molecular complexity index is 739. The molecule has 1 amide bonds. The van der Waals surface area contributed by atoms with Crippen molar-refractivity contribution in [3.05, 3.63) is 12.7 Å². The van der Waals surface area contributed by atoms with Crippen molar-refractivity contribution in [1.29, 1.82) is 0 Å². The van der Waals surface area contributed by atoms with Crippen LogP contribution in [0.15, 0.2) is 12.7 Å². The first kappa shape index (κ1) is 43.7. The highest BCUT2D eigenvalue weighted by Gasteiger charge is 2.51. The largest absolute Gasteiger partial charge is 0.469 e. The average molecular weight is 745 g/mol. The van der Waals surface area contributed by atoms with Crippen LogP contribution in [0, 0.1) is 0 Å². The molecule has 0 aliphatic rings. The van der Waals surface area contributed by atoms with Gasteiger partial charge in [0.1, 0.15) is 0 Å². The van der Waals surface area contributed by atoms with Gasteiger partial charge in [0, 0.05) is 25.2 Å². The molecule has 0 unspecified atom stereocenters. The highest BCUT2D eigenvalue weighted by Crippen LogP contribution is 2.32. The van der Waals surface area contributed by atoms with E-state index in [0.717, 1.165) is 12.8 Å². The summed E-state index contributed by atoms with van der Waals surface area (Å²) in [5.41, 5.74) is 0. The molecule has 0 aliphatic heterocycles. The van der Waals surface area contributed by atoms with Crippen molar-refractivity contribution in [2.24, 2.45) is 0 Å². The fraction of sp³-hybridized carbons (Fsp3) is 0.889. The van der Waals surface area contributed by atoms with Crippen LogP contribution in [-0.2, 0) is 29.5 Å². The first-order chi connectivity index (χ1) is 18.8. The lowest BCUT2D eigenvalue weighted by Gasteiger charge is -2.43. The van der Waals surface area contributed by atoms with E-state index in [9.17, 15) is 4.79 Å². The number of hydrogen-bond donors (Lipinski definition) is 0. The molecule has 8 nitrogen and oxygen atoms in total. The molecule has 0 aromatic carbocycles. The zero-order chi connectivity index (χ0) is 34.3. The normalized spacial score (nSPS) is 14.7. The molecule has 0 aliphatic carbocycles. The third-order valence-electron chi connectivity index (χ3n) is 5.08. The van der Waals surface area contributed by atoms with E-state index in [0.29, 0.717) is 25.2 Å². The lowest BCUT2D eigenvalue weighted by Crippen LogP contribution is -2.60. The highest BCUT2D eigenvalue weighted by molar-refractivity contribution is 6.91. The number of nitrogens with zero attached hydrogens (tertiary/aromatic N) is 1. The minimum Gasteiger partial charge on any atom is -0.417 e. The molecule has 0 spiro atoms. The number of amides is 1. The van der Waals surface area contributed by atoms with Gasteiger partial charge in [-0.05, 0) is 137 Å². The molecule has 0 saturated heterocycles. The minimum atomic E-state index is -2.97. The quantitative estimate of drug-likeness (QED) is 0.0860. The summed E-state index contributed by atoms with van der Waals surface area (Å²) in [5.74, 6) is -0.0637. The van der Waals surface area contributed by atoms with Crippen molar-refractivity contribution in [2.45, 2.75) is 143 Å². The van der Waals surface area contributed by atoms with E-state index in [4.69, 9.17) is 24.7 Å². The topological polar surface area (TPSA) is 75.7 Å². The molecule has 43 heavy (non-hydrogen) atoms. The fourth-order valence-corrected chi connectivity index (χ4v) is 33.9. The second-order valence-corrected chi connectivity index (χ2v) is 51.4. The Labute approximate surface area is 275 Å². The van der Waals surface area contributed by atoms with E-state index in [2.05, 4.69) is 124 Å². The van der Waals surface area contributed by atoms with Gasteiger partial charge in [0.2, 0.25) is 5.91 Å². The Hall–Kier alpha value is 0.705. The third kappa shape index (κ3) is 22.0. The summed E-state index contributed by atoms with van der Waals surface area (Å²) in [5, 5.41) is 0. The fourth-order valence-electron chi connectivity index (χ4n) is 4.66. The lowest BCUT2D eigenvalue weighted by molar-refractivity contribution is -0.126. The van der Waals surface area contributed by atoms with Crippen molar-refractivity contribution in [1.82, 2.24) is 4.90 Å². The summed E-state index contributed by atoms with van der Waals surface area (Å²) in [7, 11) is -17.7. The van der Waals surface area contributed by atoms with Crippen molar-refractivity contribution in [2.75, 3.05) is 13.1 Å². The Kier molecular flexibility index (Phi) is 16.5. The molecule has 16 heteroatoms. The van der Waals surface area contributed by atoms with Gasteiger partial charge in [0.15, 0.2) is 49.9 Å². The average Bonchev–Trinajstić information content (AvgIpc) is 2.63. The monoisotopic (exact) mass is 743 g/mol. The standard InChI is InChI=1S/C27H69NO7Si8/c1-20-27(29)28(23-21-25-42(30-36(2,3)4,31-37(5,6)7)32-38(8,9)10)24-22-26-43(33-39(11,12)13,34-40(14,15)16)35-41(17,18)19/h20H,1,21-26H2,2-19H3. The summed E-state index contributed by atoms with van der Waals surface area (Å²) in [6, 6.07) is 1.39. The maximum atomic E-state index is 13.1. The zero-order valence-electron chi connectivity index (χ0n) is 31.3. The third-order valence-corrected chi connectivity index (χ3v) is 29.2. The van der Waals surface area contributed by atoms with Gasteiger partial charge in [-0.1, -0.05) is 6.58 Å². The van der Waals surface area contributed by atoms with Crippen LogP contribution in [0.5, 0.6) is 0 Å². The maximum absolute atomic E-state index is 13.1. The van der Waals surface area contributed by atoms with E-state index < -0.39 is 67.5 Å². The van der Waals surface area contributed by atoms with Crippen LogP contribution in [0.25, 0.3) is 0 Å². The van der Waals surface area contributed by atoms with Gasteiger partial charge >= 0.3 is 17.6 Å². The first-order valence-electron chi connectivity index (χ1n) is 15.9. The number of rotatable bonds is 21. The van der Waals surface area contributed by atoms with E-state index in [1.54, 1.807) is 0 Å². The summed E-state index contributed by atoms with van der Waals surface area (Å²) in [6.45, 7) is 44.6. The predicted octanol–water partition coefficient (Wildman–Crippen LogP) is 8.77. The van der Waals surface area contributed by atoms with Gasteiger partial charge in [-0.25, -0.2) is 0 Å². The molecule has 0 bridgehead atoms. The Morgan fingerprint density at radius 3 is 0.860 bits per heavy atom. The molecule has 0 N–H and O–H groups in total. The molecule has 0 radical (unpaired) electrons. The molecule has 0 atom stereocenters. The Morgan fingerprint density at radius 1 is 0.488 bits per heavy atom. The van der Waals surface area contributed by atoms with Crippen molar-refractivity contribution < 1.29 is 29.5 Å². The molecule has 0 saturated carbocycles. The van der Waals surface area contributed by atoms with Crippen molar-refractivity contribution >= 4 is 73.4 Å². The van der Waals surface area contributed by atoms with Crippen LogP contribution >= 0.6 is 0 Å². The van der Waals surface area contributed by atoms with Gasteiger partial charge in [0.05, 0.1) is 0 Å². The number of carbonyl (C=O) groups is 1. The first-order valence-corrected chi connectivity index (χ1v) is 40.2. The summed E-state index contributed by atoms with van der Waals surface area (Å²) >= 11 is 0. The van der Waals surface area contributed by atoms with Crippen molar-refractivity contribution in [3.8, 4) is 0 Å². The van der Waals surface area contributed by atoms with E-state index in [1.165, 1.54) is 6.08 Å². The molecule has 256 valence electrons. The summed E-state index contributed by atoms with van der Waals surface area (Å²) in [4.78, 5) is 15.0. The molecule has 0 heterocycles. The second-order valence-electron chi connectivity index (χ2n) is 17.4. The van der Waals surface area contributed by atoms with Gasteiger partial charge in [0.25, 0.3) is 0 Å². The lowest BCUT2D eigenvalue weighted by atomic mass is 10.3. The maximum Gasteiger partial charge on any atom is 0.469 e. The number of carbonyl (C=O) groups excluding carboxylic acids is 1. The summed E-state index contributed by atoms with van der Waals surface area (Å²) < 4.78 is 41.1. The molecular formula is C27H69NO7Si8. The van der Waals surface area contributed by atoms with Crippen molar-refractivity contribution in [3.63, 3.8) is 0 Å². The second kappa shape index (κ2) is 16.2. The van der Waals surface area contributed by atoms with Crippen LogP contribution in [0.3, 0.4) is 0 Å². The van der Waals surface area contributed by atoms with Crippen LogP contribution in [0.1, 0.15) is 12.8 Å².